The van der Waals surface area contributed by atoms with Gasteiger partial charge in [-0.25, -0.2) is 9.97 Å². The molecule has 84 valence electrons. The minimum atomic E-state index is 0.434. The molecule has 0 radical (unpaired) electrons. The van der Waals surface area contributed by atoms with E-state index < -0.39 is 0 Å². The van der Waals surface area contributed by atoms with Crippen molar-refractivity contribution in [2.45, 2.75) is 26.2 Å². The van der Waals surface area contributed by atoms with Gasteiger partial charge in [-0.2, -0.15) is 5.26 Å². The molecule has 0 atom stereocenters. The van der Waals surface area contributed by atoms with Crippen LogP contribution in [0.25, 0.3) is 0 Å². The Morgan fingerprint density at radius 1 is 1.44 bits per heavy atom. The number of anilines is 1. The molecule has 1 aliphatic rings. The Morgan fingerprint density at radius 2 is 2.19 bits per heavy atom. The molecule has 0 aromatic carbocycles. The van der Waals surface area contributed by atoms with Crippen LogP contribution in [0, 0.1) is 17.2 Å². The summed E-state index contributed by atoms with van der Waals surface area (Å²) >= 11 is 0. The molecule has 1 aromatic rings. The molecule has 1 heterocycles. The molecule has 0 aliphatic heterocycles. The van der Waals surface area contributed by atoms with Crippen LogP contribution in [0.4, 0.5) is 5.82 Å². The molecule has 0 N–H and O–H groups in total. The SMILES string of the molecule is CCN(CC1CCC1)c1nccnc1C#N. The molecular formula is C12H16N4. The molecule has 4 nitrogen and oxygen atoms in total. The fraction of sp³-hybridized carbons (Fsp3) is 0.583. The van der Waals surface area contributed by atoms with E-state index in [4.69, 9.17) is 5.26 Å². The zero-order valence-electron chi connectivity index (χ0n) is 9.56. The second kappa shape index (κ2) is 4.93. The van der Waals surface area contributed by atoms with E-state index in [9.17, 15) is 0 Å². The molecule has 0 saturated heterocycles. The topological polar surface area (TPSA) is 52.8 Å². The Hall–Kier alpha value is -1.63. The minimum Gasteiger partial charge on any atom is -0.354 e. The summed E-state index contributed by atoms with van der Waals surface area (Å²) in [5.41, 5.74) is 0.434. The lowest BCUT2D eigenvalue weighted by Crippen LogP contribution is -2.33. The monoisotopic (exact) mass is 216 g/mol. The van der Waals surface area contributed by atoms with Crippen molar-refractivity contribution in [3.63, 3.8) is 0 Å². The zero-order chi connectivity index (χ0) is 11.4. The molecule has 1 fully saturated rings. The largest absolute Gasteiger partial charge is 0.354 e. The van der Waals surface area contributed by atoms with Crippen molar-refractivity contribution in [2.24, 2.45) is 5.92 Å². The molecule has 16 heavy (non-hydrogen) atoms. The highest BCUT2D eigenvalue weighted by Crippen LogP contribution is 2.28. The van der Waals surface area contributed by atoms with Crippen LogP contribution in [0.15, 0.2) is 12.4 Å². The summed E-state index contributed by atoms with van der Waals surface area (Å²) in [6.07, 6.45) is 7.17. The Morgan fingerprint density at radius 3 is 2.75 bits per heavy atom. The lowest BCUT2D eigenvalue weighted by molar-refractivity contribution is 0.318. The number of rotatable bonds is 4. The fourth-order valence-electron chi connectivity index (χ4n) is 1.99. The van der Waals surface area contributed by atoms with Gasteiger partial charge in [0, 0.05) is 25.5 Å². The van der Waals surface area contributed by atoms with E-state index in [1.165, 1.54) is 19.3 Å². The van der Waals surface area contributed by atoms with E-state index in [1.54, 1.807) is 12.4 Å². The molecule has 2 rings (SSSR count). The smallest absolute Gasteiger partial charge is 0.183 e. The number of hydrogen-bond acceptors (Lipinski definition) is 4. The lowest BCUT2D eigenvalue weighted by Gasteiger charge is -2.32. The molecule has 4 heteroatoms. The molecule has 1 aliphatic carbocycles. The first-order chi connectivity index (χ1) is 7.85. The van der Waals surface area contributed by atoms with Crippen LogP contribution in [0.1, 0.15) is 31.9 Å². The van der Waals surface area contributed by atoms with Crippen molar-refractivity contribution in [3.05, 3.63) is 18.1 Å². The second-order valence-corrected chi connectivity index (χ2v) is 4.18. The van der Waals surface area contributed by atoms with Gasteiger partial charge in [0.25, 0.3) is 0 Å². The first-order valence-electron chi connectivity index (χ1n) is 5.81. The van der Waals surface area contributed by atoms with Gasteiger partial charge in [-0.15, -0.1) is 0 Å². The average molecular weight is 216 g/mol. The highest BCUT2D eigenvalue weighted by atomic mass is 15.2. The first kappa shape index (κ1) is 10.9. The highest BCUT2D eigenvalue weighted by Gasteiger charge is 2.22. The molecule has 1 saturated carbocycles. The van der Waals surface area contributed by atoms with Gasteiger partial charge in [0.1, 0.15) is 6.07 Å². The van der Waals surface area contributed by atoms with Crippen LogP contribution in [0.5, 0.6) is 0 Å². The summed E-state index contributed by atoms with van der Waals surface area (Å²) in [4.78, 5) is 10.5. The summed E-state index contributed by atoms with van der Waals surface area (Å²) in [6.45, 7) is 3.97. The van der Waals surface area contributed by atoms with Gasteiger partial charge in [0.15, 0.2) is 11.5 Å². The van der Waals surface area contributed by atoms with E-state index in [0.717, 1.165) is 24.8 Å². The van der Waals surface area contributed by atoms with E-state index >= 15 is 0 Å². The molecule has 0 amide bonds. The van der Waals surface area contributed by atoms with Crippen molar-refractivity contribution in [1.82, 2.24) is 9.97 Å². The number of hydrogen-bond donors (Lipinski definition) is 0. The summed E-state index contributed by atoms with van der Waals surface area (Å²) in [6, 6.07) is 2.10. The van der Waals surface area contributed by atoms with Gasteiger partial charge in [-0.1, -0.05) is 6.42 Å². The molecular weight excluding hydrogens is 200 g/mol. The van der Waals surface area contributed by atoms with Crippen LogP contribution < -0.4 is 4.90 Å². The third-order valence-electron chi connectivity index (χ3n) is 3.17. The maximum atomic E-state index is 8.99. The van der Waals surface area contributed by atoms with Gasteiger partial charge < -0.3 is 4.90 Å². The third-order valence-corrected chi connectivity index (χ3v) is 3.17. The maximum Gasteiger partial charge on any atom is 0.183 e. The number of aromatic nitrogens is 2. The van der Waals surface area contributed by atoms with Crippen molar-refractivity contribution in [1.29, 1.82) is 5.26 Å². The Kier molecular flexibility index (Phi) is 3.35. The molecule has 1 aromatic heterocycles. The predicted octanol–water partition coefficient (Wildman–Crippen LogP) is 1.97. The predicted molar refractivity (Wildman–Crippen MR) is 62.0 cm³/mol. The minimum absolute atomic E-state index is 0.434. The van der Waals surface area contributed by atoms with E-state index in [1.807, 2.05) is 0 Å². The Balaban J connectivity index is 2.15. The van der Waals surface area contributed by atoms with Crippen molar-refractivity contribution in [3.8, 4) is 6.07 Å². The van der Waals surface area contributed by atoms with E-state index in [-0.39, 0.29) is 0 Å². The van der Waals surface area contributed by atoms with Crippen LogP contribution in [-0.4, -0.2) is 23.1 Å². The van der Waals surface area contributed by atoms with Crippen LogP contribution >= 0.6 is 0 Å². The average Bonchev–Trinajstić information content (AvgIpc) is 2.28. The summed E-state index contributed by atoms with van der Waals surface area (Å²) in [5.74, 6) is 1.51. The van der Waals surface area contributed by atoms with E-state index in [0.29, 0.717) is 5.69 Å². The lowest BCUT2D eigenvalue weighted by atomic mass is 9.85. The van der Waals surface area contributed by atoms with Gasteiger partial charge >= 0.3 is 0 Å². The van der Waals surface area contributed by atoms with Gasteiger partial charge in [0.05, 0.1) is 0 Å². The normalized spacial score (nSPS) is 15.2. The van der Waals surface area contributed by atoms with Crippen molar-refractivity contribution >= 4 is 5.82 Å². The fourth-order valence-corrected chi connectivity index (χ4v) is 1.99. The zero-order valence-corrected chi connectivity index (χ0v) is 9.56. The standard InChI is InChI=1S/C12H16N4/c1-2-16(9-10-4-3-5-10)12-11(8-13)14-6-7-15-12/h6-7,10H,2-5,9H2,1H3. The Labute approximate surface area is 95.9 Å². The number of nitriles is 1. The van der Waals surface area contributed by atoms with Crippen LogP contribution in [-0.2, 0) is 0 Å². The highest BCUT2D eigenvalue weighted by molar-refractivity contribution is 5.49. The third kappa shape index (κ3) is 2.13. The quantitative estimate of drug-likeness (QED) is 0.772. The molecule has 0 spiro atoms. The number of nitrogens with zero attached hydrogens (tertiary/aromatic N) is 4. The van der Waals surface area contributed by atoms with Gasteiger partial charge in [0.2, 0.25) is 0 Å². The Bertz CT molecular complexity index is 392. The van der Waals surface area contributed by atoms with E-state index in [2.05, 4.69) is 27.9 Å². The van der Waals surface area contributed by atoms with Crippen LogP contribution in [0.3, 0.4) is 0 Å². The van der Waals surface area contributed by atoms with Crippen molar-refractivity contribution < 1.29 is 0 Å². The second-order valence-electron chi connectivity index (χ2n) is 4.18. The summed E-state index contributed by atoms with van der Waals surface area (Å²) < 4.78 is 0. The maximum absolute atomic E-state index is 8.99. The summed E-state index contributed by atoms with van der Waals surface area (Å²) in [5, 5.41) is 8.99. The van der Waals surface area contributed by atoms with Crippen LogP contribution in [0.2, 0.25) is 0 Å². The van der Waals surface area contributed by atoms with Gasteiger partial charge in [-0.05, 0) is 25.7 Å². The van der Waals surface area contributed by atoms with Crippen molar-refractivity contribution in [2.75, 3.05) is 18.0 Å². The first-order valence-corrected chi connectivity index (χ1v) is 5.81. The summed E-state index contributed by atoms with van der Waals surface area (Å²) in [7, 11) is 0. The van der Waals surface area contributed by atoms with Gasteiger partial charge in [-0.3, -0.25) is 0 Å². The molecule has 0 bridgehead atoms. The molecule has 0 unspecified atom stereocenters.